The van der Waals surface area contributed by atoms with Gasteiger partial charge >= 0.3 is 5.97 Å². The second-order valence-electron chi connectivity index (χ2n) is 7.93. The van der Waals surface area contributed by atoms with Crippen LogP contribution in [0.15, 0.2) is 4.99 Å². The molecule has 15 heteroatoms. The van der Waals surface area contributed by atoms with Crippen molar-refractivity contribution in [2.75, 3.05) is 12.3 Å². The second-order valence-corrected chi connectivity index (χ2v) is 8.30. The molecule has 0 rings (SSSR count). The lowest BCUT2D eigenvalue weighted by molar-refractivity contribution is -0.142. The lowest BCUT2D eigenvalue weighted by Crippen LogP contribution is -2.58. The Balaban J connectivity index is 5.07. The van der Waals surface area contributed by atoms with Crippen LogP contribution >= 0.6 is 12.6 Å². The van der Waals surface area contributed by atoms with Crippen LogP contribution in [0, 0.1) is 5.92 Å². The van der Waals surface area contributed by atoms with Gasteiger partial charge in [-0.05, 0) is 25.2 Å². The topological polar surface area (TPSA) is 258 Å². The van der Waals surface area contributed by atoms with Crippen molar-refractivity contribution in [1.82, 2.24) is 16.0 Å². The number of aliphatic carboxylic acids is 1. The third-order valence-corrected chi connectivity index (χ3v) is 5.03. The zero-order valence-corrected chi connectivity index (χ0v) is 20.2. The van der Waals surface area contributed by atoms with Gasteiger partial charge in [-0.1, -0.05) is 13.8 Å². The molecule has 4 amide bonds. The van der Waals surface area contributed by atoms with Crippen molar-refractivity contribution in [2.45, 2.75) is 63.7 Å². The first-order chi connectivity index (χ1) is 15.8. The van der Waals surface area contributed by atoms with Crippen LogP contribution < -0.4 is 38.9 Å². The molecule has 0 bridgehead atoms. The van der Waals surface area contributed by atoms with Gasteiger partial charge in [0.1, 0.15) is 18.1 Å². The minimum Gasteiger partial charge on any atom is -0.480 e. The van der Waals surface area contributed by atoms with Crippen LogP contribution in [0.4, 0.5) is 0 Å². The Morgan fingerprint density at radius 2 is 1.50 bits per heavy atom. The van der Waals surface area contributed by atoms with Crippen molar-refractivity contribution in [3.05, 3.63) is 0 Å². The number of carboxylic acid groups (broad SMARTS) is 1. The molecule has 0 aliphatic heterocycles. The van der Waals surface area contributed by atoms with Crippen LogP contribution in [0.3, 0.4) is 0 Å². The summed E-state index contributed by atoms with van der Waals surface area (Å²) < 4.78 is 0. The van der Waals surface area contributed by atoms with Gasteiger partial charge in [-0.3, -0.25) is 24.2 Å². The number of aliphatic imine (C=N–C) groups is 1. The molecule has 0 radical (unpaired) electrons. The zero-order valence-electron chi connectivity index (χ0n) is 19.3. The monoisotopic (exact) mass is 504 g/mol. The lowest BCUT2D eigenvalue weighted by atomic mass is 10.0. The summed E-state index contributed by atoms with van der Waals surface area (Å²) in [7, 11) is 0. The number of nitrogens with zero attached hydrogens (tertiary/aromatic N) is 1. The average Bonchev–Trinajstić information content (AvgIpc) is 2.74. The summed E-state index contributed by atoms with van der Waals surface area (Å²) in [6.45, 7) is 3.68. The third kappa shape index (κ3) is 12.2. The maximum absolute atomic E-state index is 12.8. The summed E-state index contributed by atoms with van der Waals surface area (Å²) in [6, 6.07) is -4.50. The van der Waals surface area contributed by atoms with Crippen LogP contribution in [0.1, 0.15) is 39.5 Å². The normalized spacial score (nSPS) is 14.3. The predicted molar refractivity (Wildman–Crippen MR) is 128 cm³/mol. The van der Waals surface area contributed by atoms with Crippen molar-refractivity contribution in [3.8, 4) is 0 Å². The molecule has 4 unspecified atom stereocenters. The summed E-state index contributed by atoms with van der Waals surface area (Å²) >= 11 is 4.04. The molecule has 12 N–H and O–H groups in total. The van der Waals surface area contributed by atoms with Crippen LogP contribution in [0.5, 0.6) is 0 Å². The highest BCUT2D eigenvalue weighted by Crippen LogP contribution is 2.06. The molecule has 0 heterocycles. The average molecular weight is 505 g/mol. The van der Waals surface area contributed by atoms with Gasteiger partial charge in [0.25, 0.3) is 0 Å². The molecule has 14 nitrogen and oxygen atoms in total. The van der Waals surface area contributed by atoms with Crippen LogP contribution in [0.25, 0.3) is 0 Å². The number of amides is 4. The fourth-order valence-corrected chi connectivity index (χ4v) is 2.97. The molecule has 0 aromatic carbocycles. The van der Waals surface area contributed by atoms with Crippen LogP contribution in [-0.4, -0.2) is 77.1 Å². The first-order valence-electron chi connectivity index (χ1n) is 10.6. The van der Waals surface area contributed by atoms with Gasteiger partial charge in [-0.15, -0.1) is 0 Å². The van der Waals surface area contributed by atoms with E-state index in [9.17, 15) is 29.1 Å². The van der Waals surface area contributed by atoms with Gasteiger partial charge < -0.3 is 44.0 Å². The van der Waals surface area contributed by atoms with E-state index in [0.717, 1.165) is 0 Å². The molecular formula is C19H36N8O6S. The first-order valence-corrected chi connectivity index (χ1v) is 11.3. The molecular weight excluding hydrogens is 468 g/mol. The van der Waals surface area contributed by atoms with Gasteiger partial charge in [0, 0.05) is 18.7 Å². The maximum atomic E-state index is 12.8. The van der Waals surface area contributed by atoms with E-state index in [1.54, 1.807) is 13.8 Å². The number of carbonyl (C=O) groups excluding carboxylic acids is 4. The molecule has 34 heavy (non-hydrogen) atoms. The summed E-state index contributed by atoms with van der Waals surface area (Å²) in [4.78, 5) is 63.8. The second kappa shape index (κ2) is 15.7. The van der Waals surface area contributed by atoms with Crippen molar-refractivity contribution in [2.24, 2.45) is 33.8 Å². The minimum absolute atomic E-state index is 0.0695. The Labute approximate surface area is 203 Å². The van der Waals surface area contributed by atoms with Crippen molar-refractivity contribution < 1.29 is 29.1 Å². The largest absolute Gasteiger partial charge is 0.480 e. The highest BCUT2D eigenvalue weighted by atomic mass is 32.1. The van der Waals surface area contributed by atoms with E-state index in [2.05, 4.69) is 33.6 Å². The molecule has 0 aromatic heterocycles. The third-order valence-electron chi connectivity index (χ3n) is 4.66. The van der Waals surface area contributed by atoms with Crippen molar-refractivity contribution in [3.63, 3.8) is 0 Å². The molecule has 0 spiro atoms. The van der Waals surface area contributed by atoms with E-state index in [-0.39, 0.29) is 36.9 Å². The van der Waals surface area contributed by atoms with Gasteiger partial charge in [0.05, 0.1) is 6.04 Å². The number of hydrogen-bond donors (Lipinski definition) is 9. The lowest BCUT2D eigenvalue weighted by Gasteiger charge is -2.26. The number of nitrogens with two attached hydrogens (primary N) is 4. The van der Waals surface area contributed by atoms with E-state index >= 15 is 0 Å². The van der Waals surface area contributed by atoms with Gasteiger partial charge in [-0.25, -0.2) is 4.79 Å². The van der Waals surface area contributed by atoms with E-state index < -0.39 is 53.8 Å². The Kier molecular flexibility index (Phi) is 14.3. The SMILES string of the molecule is CC(C)C(NC(=O)C(N)CCCN=C(N)N)C(=O)NC(CS)C(=O)NC(CCC(N)=O)C(=O)O. The number of rotatable bonds is 16. The highest BCUT2D eigenvalue weighted by Gasteiger charge is 2.31. The van der Waals surface area contributed by atoms with Crippen molar-refractivity contribution >= 4 is 48.2 Å². The van der Waals surface area contributed by atoms with E-state index in [1.165, 1.54) is 0 Å². The molecule has 0 aromatic rings. The number of hydrogen-bond acceptors (Lipinski definition) is 8. The zero-order chi connectivity index (χ0) is 26.4. The maximum Gasteiger partial charge on any atom is 0.326 e. The van der Waals surface area contributed by atoms with Gasteiger partial charge in [0.2, 0.25) is 23.6 Å². The molecule has 0 fully saturated rings. The summed E-state index contributed by atoms with van der Waals surface area (Å²) in [5.41, 5.74) is 21.4. The Hall–Kier alpha value is -3.07. The van der Waals surface area contributed by atoms with Crippen LogP contribution in [0.2, 0.25) is 0 Å². The predicted octanol–water partition coefficient (Wildman–Crippen LogP) is -3.24. The quantitative estimate of drug-likeness (QED) is 0.0442. The standard InChI is InChI=1S/C19H36N8O6S/c1-9(2)14(27-15(29)10(20)4-3-7-24-19(22)23)17(31)26-12(8-34)16(30)25-11(18(32)33)5-6-13(21)28/h9-12,14,34H,3-8,20H2,1-2H3,(H2,21,28)(H,25,30)(H,26,31)(H,27,29)(H,32,33)(H4,22,23,24). The summed E-state index contributed by atoms with van der Waals surface area (Å²) in [5.74, 6) is -4.71. The number of thiol groups is 1. The number of primary amides is 1. The summed E-state index contributed by atoms with van der Waals surface area (Å²) in [5, 5.41) is 16.5. The molecule has 4 atom stereocenters. The fourth-order valence-electron chi connectivity index (χ4n) is 2.72. The van der Waals surface area contributed by atoms with Gasteiger partial charge in [-0.2, -0.15) is 12.6 Å². The number of carboxylic acids is 1. The number of guanidine groups is 1. The smallest absolute Gasteiger partial charge is 0.326 e. The Morgan fingerprint density at radius 3 is 1.97 bits per heavy atom. The van der Waals surface area contributed by atoms with E-state index in [0.29, 0.717) is 13.0 Å². The number of carbonyl (C=O) groups is 5. The first kappa shape index (κ1) is 30.9. The van der Waals surface area contributed by atoms with Crippen LogP contribution in [-0.2, 0) is 24.0 Å². The fraction of sp³-hybridized carbons (Fsp3) is 0.684. The minimum atomic E-state index is -1.38. The summed E-state index contributed by atoms with van der Waals surface area (Å²) in [6.07, 6.45) is 0.268. The number of nitrogens with one attached hydrogen (secondary N) is 3. The van der Waals surface area contributed by atoms with E-state index in [1.807, 2.05) is 0 Å². The Bertz CT molecular complexity index is 759. The Morgan fingerprint density at radius 1 is 0.912 bits per heavy atom. The van der Waals surface area contributed by atoms with E-state index in [4.69, 9.17) is 22.9 Å². The molecule has 0 saturated heterocycles. The van der Waals surface area contributed by atoms with Crippen molar-refractivity contribution in [1.29, 1.82) is 0 Å². The molecule has 0 aliphatic rings. The highest BCUT2D eigenvalue weighted by molar-refractivity contribution is 7.80. The molecule has 0 saturated carbocycles. The molecule has 194 valence electrons. The molecule has 0 aliphatic carbocycles. The van der Waals surface area contributed by atoms with Gasteiger partial charge in [0.15, 0.2) is 5.96 Å².